The molecule has 49 heteroatoms. The average molecular weight is 1530 g/mol. The summed E-state index contributed by atoms with van der Waals surface area (Å²) < 4.78 is 164. The number of aliphatic hydroxyl groups is 10. The summed E-state index contributed by atoms with van der Waals surface area (Å²) in [5, 5.41) is 141. The Morgan fingerprint density at radius 3 is 1.69 bits per heavy atom. The van der Waals surface area contributed by atoms with Crippen LogP contribution in [0.1, 0.15) is 46.0 Å². The molecule has 0 spiro atoms. The molecule has 5 aliphatic heterocycles. The normalized spacial score (nSPS) is 33.6. The Balaban J connectivity index is 0.00000817. The molecule has 1 aromatic carbocycles. The third-order valence-electron chi connectivity index (χ3n) is 14.7. The number of aliphatic hydroxyl groups excluding tert-OH is 10. The summed E-state index contributed by atoms with van der Waals surface area (Å²) in [6, 6.07) is 1.79. The Morgan fingerprint density at radius 2 is 1.13 bits per heavy atom. The number of benzene rings is 1. The predicted molar refractivity (Wildman–Crippen MR) is 302 cm³/mol. The van der Waals surface area contributed by atoms with Crippen LogP contribution < -0.4 is 110 Å². The molecule has 25 atom stereocenters. The molecule has 5 aliphatic rings. The molecule has 6 rings (SSSR count). The van der Waals surface area contributed by atoms with Crippen molar-refractivity contribution in [1.82, 2.24) is 10.6 Å². The maximum atomic E-state index is 13.1. The van der Waals surface area contributed by atoms with Gasteiger partial charge in [0.2, 0.25) is 48.9 Å². The van der Waals surface area contributed by atoms with Gasteiger partial charge in [-0.2, -0.15) is 0 Å². The molecular weight excluding hydrogens is 1450 g/mol. The van der Waals surface area contributed by atoms with E-state index in [2.05, 4.69) is 28.5 Å². The number of hydrogen-bond acceptors (Lipinski definition) is 38. The Hall–Kier alpha value is -1.04. The molecular formula is C48H71N4Na3O37S5. The first kappa shape index (κ1) is 90.2. The minimum atomic E-state index is -6.13. The van der Waals surface area contributed by atoms with Crippen LogP contribution in [0.15, 0.2) is 24.3 Å². The fraction of sp³-hybridized carbons (Fsp3) is 0.771. The van der Waals surface area contributed by atoms with Crippen LogP contribution in [0.3, 0.4) is 0 Å². The van der Waals surface area contributed by atoms with Crippen molar-refractivity contribution < 1.29 is 263 Å². The van der Waals surface area contributed by atoms with Gasteiger partial charge in [-0.25, -0.2) is 34.8 Å². The minimum Gasteiger partial charge on any atom is -0.726 e. The number of carbonyl (C=O) groups excluding carboxylic acids is 3. The molecule has 5 fully saturated rings. The molecule has 0 aromatic heterocycles. The van der Waals surface area contributed by atoms with E-state index in [1.54, 1.807) is 18.2 Å². The van der Waals surface area contributed by atoms with Crippen LogP contribution in [0.5, 0.6) is 0 Å². The van der Waals surface area contributed by atoms with Crippen LogP contribution >= 0.6 is 21.6 Å². The zero-order chi connectivity index (χ0) is 69.9. The first-order valence-corrected chi connectivity index (χ1v) is 34.5. The van der Waals surface area contributed by atoms with Crippen molar-refractivity contribution >= 4 is 93.8 Å². The van der Waals surface area contributed by atoms with Crippen molar-refractivity contribution in [3.63, 3.8) is 0 Å². The molecule has 0 aliphatic carbocycles. The number of hydrogen-bond donors (Lipinski definition) is 16. The van der Waals surface area contributed by atoms with Crippen LogP contribution in [-0.2, 0) is 106 Å². The number of anilines is 2. The predicted octanol–water partition coefficient (Wildman–Crippen LogP) is -17.6. The smallest absolute Gasteiger partial charge is 0.726 e. The topological polar surface area (TPSA) is 649 Å². The van der Waals surface area contributed by atoms with Crippen LogP contribution in [0, 0.1) is 0 Å². The third-order valence-corrected chi connectivity index (χ3v) is 19.0. The SMILES string of the molecule is CC(=O)N[C@H]1[C@H](O[C@H]2[C@H](O)[C@@H](O)[C@H](O[C@H]3[C@@H](O)[C@@H](COS(=O)(=O)[O-])O[C@@H](OC[C@@H](O)[C@@H](O)[C@H](O)[C@@H](O)CNc4cccc(NC(=O)CCCCC5CCSS5)c4)[C@@H]3NC(C)=O)O[C@@H]2C(=O)O)O[C@H](COS(=O)(=O)[O-])[C@H](OS(=O)(=O)[O-])[C@@H]1O[C@@H]1O[C@H](C(=O)O)[C@@H](O)[C@H](O)[C@H]1O.[Na+].[Na+].[Na+]. The van der Waals surface area contributed by atoms with Gasteiger partial charge >= 0.3 is 101 Å². The second-order valence-corrected chi connectivity index (χ2v) is 27.6. The van der Waals surface area contributed by atoms with Crippen molar-refractivity contribution in [2.45, 2.75) is 198 Å². The molecule has 5 saturated heterocycles. The zero-order valence-electron chi connectivity index (χ0n) is 51.9. The summed E-state index contributed by atoms with van der Waals surface area (Å²) in [6.07, 6.45) is -50.6. The fourth-order valence-electron chi connectivity index (χ4n) is 10.2. The van der Waals surface area contributed by atoms with Crippen LogP contribution in [-0.4, -0.2) is 314 Å². The summed E-state index contributed by atoms with van der Waals surface area (Å²) >= 11 is 0. The molecule has 0 radical (unpaired) electrons. The Bertz CT molecular complexity index is 3070. The number of rotatable bonds is 33. The van der Waals surface area contributed by atoms with Crippen molar-refractivity contribution in [3.05, 3.63) is 24.3 Å². The summed E-state index contributed by atoms with van der Waals surface area (Å²) in [5.74, 6) is -5.67. The van der Waals surface area contributed by atoms with Crippen LogP contribution in [0.25, 0.3) is 0 Å². The standard InChI is InChI=1S/C48H74N4O37S5.3Na/c1-17(53)50-27-38(31(60)24(15-80-92(70,71)72)82-45(27)79-14-23(56)30(59)29(58)22(55)13-49-19-6-5-7-20(12-19)52-26(57)9-4-3-8-21-10-11-90-91-21)84-48-36(65)34(63)40(42(88-48)44(68)69)86-46-28(51-18(2)54)39(85-47-35(64)32(61)33(62)41(87-47)43(66)67)37(89-94(76,77)78)25(83-46)16-81-93(73,74)75;;;/h5-7,12,21-25,27-42,45-49,55-56,58-65H,3-4,8-11,13-16H2,1-2H3,(H,50,53)(H,51,54)(H,52,57)(H,66,67)(H,68,69)(H,70,71,72)(H,73,74,75)(H,76,77,78);;;/q;3*+1/p-3/t21?,22-,23+,24+,25+,27+,28+,29+,30+,31-,32-,33-,34+,35+,36+,37-,38+,39+,40-,41-,42-,45+,46-,47+,48+;;;/m0.../s1. The van der Waals surface area contributed by atoms with Crippen LogP contribution in [0.4, 0.5) is 11.4 Å². The van der Waals surface area contributed by atoms with Gasteiger partial charge in [0.1, 0.15) is 104 Å². The monoisotopic (exact) mass is 1520 g/mol. The van der Waals surface area contributed by atoms with Crippen molar-refractivity contribution in [2.75, 3.05) is 42.8 Å². The van der Waals surface area contributed by atoms with E-state index < -0.39 is 228 Å². The van der Waals surface area contributed by atoms with Crippen LogP contribution in [0.2, 0.25) is 0 Å². The van der Waals surface area contributed by atoms with Gasteiger partial charge in [0.15, 0.2) is 37.4 Å². The molecule has 5 heterocycles. The first-order chi connectivity index (χ1) is 43.8. The minimum absolute atomic E-state index is 0. The number of unbranched alkanes of at least 4 members (excludes halogenated alkanes) is 1. The quantitative estimate of drug-likeness (QED) is 0.0102. The molecule has 1 aromatic rings. The number of amides is 3. The molecule has 538 valence electrons. The number of carboxylic acid groups (broad SMARTS) is 2. The van der Waals surface area contributed by atoms with Gasteiger partial charge in [0.25, 0.3) is 0 Å². The zero-order valence-corrected chi connectivity index (χ0v) is 62.0. The summed E-state index contributed by atoms with van der Waals surface area (Å²) in [6.45, 7) is -3.27. The molecule has 0 bridgehead atoms. The number of carbonyl (C=O) groups is 5. The summed E-state index contributed by atoms with van der Waals surface area (Å²) in [4.78, 5) is 63.3. The molecule has 1 unspecified atom stereocenters. The number of ether oxygens (including phenoxy) is 8. The molecule has 3 amide bonds. The Kier molecular flexibility index (Phi) is 37.6. The Labute approximate surface area is 627 Å². The van der Waals surface area contributed by atoms with Gasteiger partial charge in [0.05, 0.1) is 25.9 Å². The molecule has 0 saturated carbocycles. The number of aliphatic carboxylic acids is 2. The summed E-state index contributed by atoms with van der Waals surface area (Å²) in [7, 11) is -14.0. The van der Waals surface area contributed by atoms with E-state index in [1.807, 2.05) is 26.9 Å². The second kappa shape index (κ2) is 40.5. The maximum Gasteiger partial charge on any atom is 1.00 e. The van der Waals surface area contributed by atoms with Crippen molar-refractivity contribution in [2.24, 2.45) is 0 Å². The number of nitrogens with one attached hydrogen (secondary N) is 4. The third kappa shape index (κ3) is 27.1. The van der Waals surface area contributed by atoms with Gasteiger partial charge in [-0.05, 0) is 37.5 Å². The maximum absolute atomic E-state index is 13.1. The van der Waals surface area contributed by atoms with Gasteiger partial charge in [-0.15, -0.1) is 0 Å². The van der Waals surface area contributed by atoms with Gasteiger partial charge in [-0.3, -0.25) is 26.9 Å². The largest absolute Gasteiger partial charge is 1.00 e. The molecule has 41 nitrogen and oxygen atoms in total. The fourth-order valence-corrected chi connectivity index (χ4v) is 14.3. The number of carboxylic acids is 2. The molecule has 97 heavy (non-hydrogen) atoms. The Morgan fingerprint density at radius 1 is 0.608 bits per heavy atom. The van der Waals surface area contributed by atoms with E-state index in [1.165, 1.54) is 6.07 Å². The first-order valence-electron chi connectivity index (χ1n) is 28.1. The van der Waals surface area contributed by atoms with Crippen molar-refractivity contribution in [1.29, 1.82) is 0 Å². The van der Waals surface area contributed by atoms with E-state index in [0.717, 1.165) is 31.9 Å². The van der Waals surface area contributed by atoms with Gasteiger partial charge in [0, 0.05) is 49.2 Å². The van der Waals surface area contributed by atoms with E-state index in [0.29, 0.717) is 30.0 Å². The van der Waals surface area contributed by atoms with E-state index in [4.69, 9.17) is 37.9 Å². The van der Waals surface area contributed by atoms with E-state index in [9.17, 15) is 124 Å². The summed E-state index contributed by atoms with van der Waals surface area (Å²) in [5.41, 5.74) is 0.730. The second-order valence-electron chi connectivity index (χ2n) is 21.7. The van der Waals surface area contributed by atoms with E-state index >= 15 is 0 Å². The molecule has 16 N–H and O–H groups in total. The van der Waals surface area contributed by atoms with Crippen molar-refractivity contribution in [3.8, 4) is 0 Å². The van der Waals surface area contributed by atoms with Gasteiger partial charge in [-0.1, -0.05) is 34.1 Å². The van der Waals surface area contributed by atoms with Gasteiger partial charge < -0.3 is 134 Å². The van der Waals surface area contributed by atoms with E-state index in [-0.39, 0.29) is 101 Å². The average Bonchev–Trinajstić information content (AvgIpc) is 0.921.